The molecule has 0 amide bonds. The molecule has 0 fully saturated rings. The van der Waals surface area contributed by atoms with Crippen LogP contribution in [0.2, 0.25) is 0 Å². The van der Waals surface area contributed by atoms with Crippen LogP contribution in [0.1, 0.15) is 38.3 Å². The lowest BCUT2D eigenvalue weighted by Crippen LogP contribution is -2.24. The van der Waals surface area contributed by atoms with Gasteiger partial charge >= 0.3 is 0 Å². The van der Waals surface area contributed by atoms with Gasteiger partial charge in [-0.1, -0.05) is 28.1 Å². The Bertz CT molecular complexity index is 321. The summed E-state index contributed by atoms with van der Waals surface area (Å²) in [6.07, 6.45) is 1.89. The summed E-state index contributed by atoms with van der Waals surface area (Å²) in [5.41, 5.74) is 7.22. The zero-order valence-corrected chi connectivity index (χ0v) is 11.8. The topological polar surface area (TPSA) is 35.2 Å². The second kappa shape index (κ2) is 5.80. The molecule has 16 heavy (non-hydrogen) atoms. The molecule has 0 aromatic heterocycles. The van der Waals surface area contributed by atoms with Crippen molar-refractivity contribution < 1.29 is 4.74 Å². The monoisotopic (exact) mass is 285 g/mol. The summed E-state index contributed by atoms with van der Waals surface area (Å²) in [5, 5.41) is 0. The molecule has 0 saturated heterocycles. The number of hydrogen-bond donors (Lipinski definition) is 1. The minimum atomic E-state index is -0.0903. The minimum Gasteiger partial charge on any atom is -0.379 e. The van der Waals surface area contributed by atoms with Gasteiger partial charge in [-0.2, -0.15) is 0 Å². The predicted molar refractivity (Wildman–Crippen MR) is 71.4 cm³/mol. The zero-order chi connectivity index (χ0) is 12.2. The summed E-state index contributed by atoms with van der Waals surface area (Å²) in [7, 11) is 1.74. The lowest BCUT2D eigenvalue weighted by molar-refractivity contribution is 0.0125. The van der Waals surface area contributed by atoms with Gasteiger partial charge in [0.25, 0.3) is 0 Å². The molecule has 90 valence electrons. The molecule has 0 radical (unpaired) electrons. The van der Waals surface area contributed by atoms with Crippen molar-refractivity contribution in [1.29, 1.82) is 0 Å². The lowest BCUT2D eigenvalue weighted by atomic mass is 9.95. The Balaban J connectivity index is 2.53. The van der Waals surface area contributed by atoms with Crippen LogP contribution in [-0.4, -0.2) is 12.7 Å². The number of benzene rings is 1. The standard InChI is InChI=1S/C13H20BrNO/c1-13(2,16-3)9-8-12(15)10-4-6-11(14)7-5-10/h4-7,12H,8-9,15H2,1-3H3. The Labute approximate surface area is 106 Å². The molecule has 2 N–H and O–H groups in total. The second-order valence-electron chi connectivity index (χ2n) is 4.66. The average Bonchev–Trinajstić information content (AvgIpc) is 2.27. The van der Waals surface area contributed by atoms with Gasteiger partial charge < -0.3 is 10.5 Å². The summed E-state index contributed by atoms with van der Waals surface area (Å²) in [4.78, 5) is 0. The quantitative estimate of drug-likeness (QED) is 0.896. The highest BCUT2D eigenvalue weighted by molar-refractivity contribution is 9.10. The summed E-state index contributed by atoms with van der Waals surface area (Å²) in [6, 6.07) is 8.26. The largest absolute Gasteiger partial charge is 0.379 e. The van der Waals surface area contributed by atoms with Crippen LogP contribution in [0, 0.1) is 0 Å². The Morgan fingerprint density at radius 1 is 1.31 bits per heavy atom. The van der Waals surface area contributed by atoms with Gasteiger partial charge in [0.05, 0.1) is 5.60 Å². The number of rotatable bonds is 5. The maximum absolute atomic E-state index is 6.14. The smallest absolute Gasteiger partial charge is 0.0623 e. The Hall–Kier alpha value is -0.380. The predicted octanol–water partition coefficient (Wildman–Crippen LogP) is 3.65. The molecule has 2 nitrogen and oxygen atoms in total. The van der Waals surface area contributed by atoms with Crippen LogP contribution < -0.4 is 5.73 Å². The van der Waals surface area contributed by atoms with E-state index in [2.05, 4.69) is 41.9 Å². The van der Waals surface area contributed by atoms with Crippen LogP contribution in [0.3, 0.4) is 0 Å². The Morgan fingerprint density at radius 2 is 1.88 bits per heavy atom. The van der Waals surface area contributed by atoms with Crippen LogP contribution in [0.5, 0.6) is 0 Å². The van der Waals surface area contributed by atoms with Crippen molar-refractivity contribution in [3.63, 3.8) is 0 Å². The van der Waals surface area contributed by atoms with Crippen LogP contribution in [0.4, 0.5) is 0 Å². The van der Waals surface area contributed by atoms with Crippen molar-refractivity contribution >= 4 is 15.9 Å². The number of halogens is 1. The molecule has 1 aromatic carbocycles. The maximum atomic E-state index is 6.14. The van der Waals surface area contributed by atoms with E-state index >= 15 is 0 Å². The van der Waals surface area contributed by atoms with Crippen molar-refractivity contribution in [2.75, 3.05) is 7.11 Å². The van der Waals surface area contributed by atoms with E-state index in [4.69, 9.17) is 10.5 Å². The Kier molecular flexibility index (Phi) is 4.96. The summed E-state index contributed by atoms with van der Waals surface area (Å²) in [5.74, 6) is 0. The second-order valence-corrected chi connectivity index (χ2v) is 5.58. The molecule has 1 unspecified atom stereocenters. The molecular weight excluding hydrogens is 266 g/mol. The average molecular weight is 286 g/mol. The fourth-order valence-corrected chi connectivity index (χ4v) is 1.75. The van der Waals surface area contributed by atoms with Crippen molar-refractivity contribution in [2.24, 2.45) is 5.73 Å². The third kappa shape index (κ3) is 4.24. The van der Waals surface area contributed by atoms with E-state index in [1.165, 1.54) is 5.56 Å². The van der Waals surface area contributed by atoms with E-state index in [0.29, 0.717) is 0 Å². The third-order valence-corrected chi connectivity index (χ3v) is 3.44. The summed E-state index contributed by atoms with van der Waals surface area (Å²) in [6.45, 7) is 4.17. The van der Waals surface area contributed by atoms with Crippen LogP contribution in [-0.2, 0) is 4.74 Å². The first-order valence-corrected chi connectivity index (χ1v) is 6.30. The van der Waals surface area contributed by atoms with E-state index in [1.807, 2.05) is 12.1 Å². The first-order valence-electron chi connectivity index (χ1n) is 5.51. The van der Waals surface area contributed by atoms with Gasteiger partial charge in [0, 0.05) is 17.6 Å². The van der Waals surface area contributed by atoms with Gasteiger partial charge in [-0.15, -0.1) is 0 Å². The zero-order valence-electron chi connectivity index (χ0n) is 10.2. The number of ether oxygens (including phenoxy) is 1. The lowest BCUT2D eigenvalue weighted by Gasteiger charge is -2.24. The third-order valence-electron chi connectivity index (χ3n) is 2.91. The molecule has 1 rings (SSSR count). The van der Waals surface area contributed by atoms with Gasteiger partial charge in [-0.05, 0) is 44.4 Å². The fourth-order valence-electron chi connectivity index (χ4n) is 1.48. The fraction of sp³-hybridized carbons (Fsp3) is 0.538. The molecule has 0 bridgehead atoms. The van der Waals surface area contributed by atoms with Crippen molar-refractivity contribution in [3.05, 3.63) is 34.3 Å². The molecule has 0 aliphatic rings. The minimum absolute atomic E-state index is 0.0857. The summed E-state index contributed by atoms with van der Waals surface area (Å²) >= 11 is 3.42. The maximum Gasteiger partial charge on any atom is 0.0623 e. The molecule has 0 heterocycles. The first-order chi connectivity index (χ1) is 7.44. The summed E-state index contributed by atoms with van der Waals surface area (Å²) < 4.78 is 6.46. The normalized spacial score (nSPS) is 13.8. The van der Waals surface area contributed by atoms with Gasteiger partial charge in [0.15, 0.2) is 0 Å². The van der Waals surface area contributed by atoms with Gasteiger partial charge in [-0.25, -0.2) is 0 Å². The number of hydrogen-bond acceptors (Lipinski definition) is 2. The van der Waals surface area contributed by atoms with Gasteiger partial charge in [0.1, 0.15) is 0 Å². The molecule has 3 heteroatoms. The molecule has 1 atom stereocenters. The highest BCUT2D eigenvalue weighted by Crippen LogP contribution is 2.23. The highest BCUT2D eigenvalue weighted by atomic mass is 79.9. The molecule has 0 saturated carbocycles. The molecule has 0 aliphatic heterocycles. The highest BCUT2D eigenvalue weighted by Gasteiger charge is 2.18. The molecule has 0 aliphatic carbocycles. The van der Waals surface area contributed by atoms with Crippen molar-refractivity contribution in [2.45, 2.75) is 38.3 Å². The van der Waals surface area contributed by atoms with E-state index < -0.39 is 0 Å². The van der Waals surface area contributed by atoms with E-state index in [0.717, 1.165) is 17.3 Å². The Morgan fingerprint density at radius 3 is 2.38 bits per heavy atom. The van der Waals surface area contributed by atoms with Crippen LogP contribution in [0.25, 0.3) is 0 Å². The van der Waals surface area contributed by atoms with Crippen molar-refractivity contribution in [1.82, 2.24) is 0 Å². The molecule has 0 spiro atoms. The first kappa shape index (κ1) is 13.7. The van der Waals surface area contributed by atoms with Gasteiger partial charge in [0.2, 0.25) is 0 Å². The molecule has 1 aromatic rings. The SMILES string of the molecule is COC(C)(C)CCC(N)c1ccc(Br)cc1. The van der Waals surface area contributed by atoms with E-state index in [9.17, 15) is 0 Å². The van der Waals surface area contributed by atoms with Crippen LogP contribution in [0.15, 0.2) is 28.7 Å². The number of methoxy groups -OCH3 is 1. The van der Waals surface area contributed by atoms with E-state index in [1.54, 1.807) is 7.11 Å². The molecular formula is C13H20BrNO. The van der Waals surface area contributed by atoms with Gasteiger partial charge in [-0.3, -0.25) is 0 Å². The van der Waals surface area contributed by atoms with Crippen LogP contribution >= 0.6 is 15.9 Å². The van der Waals surface area contributed by atoms with E-state index in [-0.39, 0.29) is 11.6 Å². The number of nitrogens with two attached hydrogens (primary N) is 1. The van der Waals surface area contributed by atoms with Crippen molar-refractivity contribution in [3.8, 4) is 0 Å².